The molecule has 1 heterocycles. The van der Waals surface area contributed by atoms with Gasteiger partial charge in [0, 0.05) is 28.2 Å². The van der Waals surface area contributed by atoms with E-state index < -0.39 is 0 Å². The summed E-state index contributed by atoms with van der Waals surface area (Å²) in [4.78, 5) is 19.0. The largest absolute Gasteiger partial charge is 0.322 e. The van der Waals surface area contributed by atoms with Crippen molar-refractivity contribution >= 4 is 45.8 Å². The molecule has 3 aromatic rings. The summed E-state index contributed by atoms with van der Waals surface area (Å²) in [6, 6.07) is 16.7. The topological polar surface area (TPSA) is 45.2 Å². The average molecular weight is 402 g/mol. The molecule has 0 aliphatic rings. The number of para-hydroxylation sites is 1. The molecule has 2 amide bonds. The Bertz CT molecular complexity index is 928. The number of amides is 2. The van der Waals surface area contributed by atoms with E-state index in [0.717, 1.165) is 29.3 Å². The van der Waals surface area contributed by atoms with Gasteiger partial charge in [-0.25, -0.2) is 9.78 Å². The summed E-state index contributed by atoms with van der Waals surface area (Å²) in [5, 5.41) is 4.98. The third-order valence-corrected chi connectivity index (χ3v) is 4.85. The van der Waals surface area contributed by atoms with Gasteiger partial charge in [0.05, 0.1) is 12.1 Å². The standard InChI is InChI=1S/C21H21Cl2N3O/c1-2-3-12-26(21(27)24-18-10-8-17(22)9-11-18)14-16-13-15-6-4-5-7-19(15)25-20(16)23/h4-11,13H,2-3,12,14H2,1H3,(H,24,27). The molecule has 0 radical (unpaired) electrons. The van der Waals surface area contributed by atoms with E-state index in [1.54, 1.807) is 29.2 Å². The highest BCUT2D eigenvalue weighted by Crippen LogP contribution is 2.22. The Morgan fingerprint density at radius 1 is 1.11 bits per heavy atom. The number of carbonyl (C=O) groups excluding carboxylic acids is 1. The van der Waals surface area contributed by atoms with E-state index >= 15 is 0 Å². The lowest BCUT2D eigenvalue weighted by molar-refractivity contribution is 0.208. The molecule has 0 saturated heterocycles. The van der Waals surface area contributed by atoms with Gasteiger partial charge in [-0.2, -0.15) is 0 Å². The highest BCUT2D eigenvalue weighted by molar-refractivity contribution is 6.31. The number of nitrogens with one attached hydrogen (secondary N) is 1. The highest BCUT2D eigenvalue weighted by Gasteiger charge is 2.16. The second kappa shape index (κ2) is 9.07. The quantitative estimate of drug-likeness (QED) is 0.487. The van der Waals surface area contributed by atoms with E-state index in [9.17, 15) is 4.79 Å². The van der Waals surface area contributed by atoms with Crippen molar-refractivity contribution in [3.8, 4) is 0 Å². The first-order valence-electron chi connectivity index (χ1n) is 8.92. The van der Waals surface area contributed by atoms with Crippen LogP contribution in [0.2, 0.25) is 10.2 Å². The van der Waals surface area contributed by atoms with Gasteiger partial charge in [-0.15, -0.1) is 0 Å². The molecule has 4 nitrogen and oxygen atoms in total. The molecule has 0 aliphatic carbocycles. The summed E-state index contributed by atoms with van der Waals surface area (Å²) in [5.41, 5.74) is 2.38. The molecule has 0 atom stereocenters. The van der Waals surface area contributed by atoms with E-state index in [0.29, 0.717) is 29.0 Å². The van der Waals surface area contributed by atoms with Crippen LogP contribution in [0.15, 0.2) is 54.6 Å². The van der Waals surface area contributed by atoms with Crippen LogP contribution in [0.25, 0.3) is 10.9 Å². The first-order valence-corrected chi connectivity index (χ1v) is 9.68. The molecule has 3 rings (SSSR count). The van der Waals surface area contributed by atoms with Crippen LogP contribution < -0.4 is 5.32 Å². The molecule has 1 N–H and O–H groups in total. The normalized spacial score (nSPS) is 10.8. The van der Waals surface area contributed by atoms with Crippen molar-refractivity contribution in [3.05, 3.63) is 70.3 Å². The lowest BCUT2D eigenvalue weighted by Crippen LogP contribution is -2.35. The molecule has 1 aromatic heterocycles. The van der Waals surface area contributed by atoms with Gasteiger partial charge in [-0.05, 0) is 42.8 Å². The van der Waals surface area contributed by atoms with E-state index in [4.69, 9.17) is 23.2 Å². The predicted octanol–water partition coefficient (Wildman–Crippen LogP) is 6.38. The van der Waals surface area contributed by atoms with Crippen LogP contribution in [0.4, 0.5) is 10.5 Å². The lowest BCUT2D eigenvalue weighted by Gasteiger charge is -2.23. The van der Waals surface area contributed by atoms with Gasteiger partial charge in [0.15, 0.2) is 0 Å². The monoisotopic (exact) mass is 401 g/mol. The van der Waals surface area contributed by atoms with E-state index in [-0.39, 0.29) is 6.03 Å². The summed E-state index contributed by atoms with van der Waals surface area (Å²) >= 11 is 12.3. The molecular weight excluding hydrogens is 381 g/mol. The van der Waals surface area contributed by atoms with Crippen LogP contribution in [-0.2, 0) is 6.54 Å². The van der Waals surface area contributed by atoms with Crippen LogP contribution in [0.1, 0.15) is 25.3 Å². The Morgan fingerprint density at radius 2 is 1.85 bits per heavy atom. The van der Waals surface area contributed by atoms with E-state index in [1.807, 2.05) is 30.3 Å². The zero-order valence-corrected chi connectivity index (χ0v) is 16.6. The van der Waals surface area contributed by atoms with Crippen LogP contribution in [-0.4, -0.2) is 22.5 Å². The minimum absolute atomic E-state index is 0.171. The maximum Gasteiger partial charge on any atom is 0.322 e. The van der Waals surface area contributed by atoms with Gasteiger partial charge in [-0.3, -0.25) is 0 Å². The molecule has 0 unspecified atom stereocenters. The maximum atomic E-state index is 12.8. The van der Waals surface area contributed by atoms with Crippen LogP contribution in [0.3, 0.4) is 0 Å². The SMILES string of the molecule is CCCCN(Cc1cc2ccccc2nc1Cl)C(=O)Nc1ccc(Cl)cc1. The number of benzene rings is 2. The number of pyridine rings is 1. The third-order valence-electron chi connectivity index (χ3n) is 4.28. The second-order valence-electron chi connectivity index (χ2n) is 6.34. The van der Waals surface area contributed by atoms with Gasteiger partial charge in [-0.1, -0.05) is 54.7 Å². The number of carbonyl (C=O) groups is 1. The number of anilines is 1. The van der Waals surface area contributed by atoms with Crippen molar-refractivity contribution in [2.75, 3.05) is 11.9 Å². The number of hydrogen-bond donors (Lipinski definition) is 1. The second-order valence-corrected chi connectivity index (χ2v) is 7.14. The highest BCUT2D eigenvalue weighted by atomic mass is 35.5. The lowest BCUT2D eigenvalue weighted by atomic mass is 10.1. The summed E-state index contributed by atoms with van der Waals surface area (Å²) < 4.78 is 0. The fourth-order valence-corrected chi connectivity index (χ4v) is 3.12. The van der Waals surface area contributed by atoms with Crippen LogP contribution in [0.5, 0.6) is 0 Å². The summed E-state index contributed by atoms with van der Waals surface area (Å²) in [7, 11) is 0. The summed E-state index contributed by atoms with van der Waals surface area (Å²) in [6.45, 7) is 3.13. The maximum absolute atomic E-state index is 12.8. The minimum Gasteiger partial charge on any atom is -0.320 e. The van der Waals surface area contributed by atoms with Crippen molar-refractivity contribution in [3.63, 3.8) is 0 Å². The number of halogens is 2. The fourth-order valence-electron chi connectivity index (χ4n) is 2.79. The number of aromatic nitrogens is 1. The number of nitrogens with zero attached hydrogens (tertiary/aromatic N) is 2. The molecule has 140 valence electrons. The Kier molecular flexibility index (Phi) is 6.54. The van der Waals surface area contributed by atoms with Crippen molar-refractivity contribution < 1.29 is 4.79 Å². The fraction of sp³-hybridized carbons (Fsp3) is 0.238. The smallest absolute Gasteiger partial charge is 0.320 e. The summed E-state index contributed by atoms with van der Waals surface area (Å²) in [5.74, 6) is 0. The molecule has 27 heavy (non-hydrogen) atoms. The molecule has 0 fully saturated rings. The Hall–Kier alpha value is -2.30. The van der Waals surface area contributed by atoms with Crippen molar-refractivity contribution in [2.24, 2.45) is 0 Å². The first-order chi connectivity index (χ1) is 13.1. The number of rotatable bonds is 6. The zero-order valence-electron chi connectivity index (χ0n) is 15.1. The van der Waals surface area contributed by atoms with Crippen molar-refractivity contribution in [1.82, 2.24) is 9.88 Å². The van der Waals surface area contributed by atoms with Gasteiger partial charge >= 0.3 is 6.03 Å². The molecule has 2 aromatic carbocycles. The Labute approximate surface area is 169 Å². The summed E-state index contributed by atoms with van der Waals surface area (Å²) in [6.07, 6.45) is 1.90. The van der Waals surface area contributed by atoms with Crippen molar-refractivity contribution in [2.45, 2.75) is 26.3 Å². The van der Waals surface area contributed by atoms with Gasteiger partial charge in [0.25, 0.3) is 0 Å². The Balaban J connectivity index is 1.80. The van der Waals surface area contributed by atoms with E-state index in [1.165, 1.54) is 0 Å². The van der Waals surface area contributed by atoms with Gasteiger partial charge in [0.2, 0.25) is 0 Å². The number of fused-ring (bicyclic) bond motifs is 1. The molecule has 0 spiro atoms. The van der Waals surface area contributed by atoms with Crippen molar-refractivity contribution in [1.29, 1.82) is 0 Å². The zero-order chi connectivity index (χ0) is 19.2. The first kappa shape index (κ1) is 19.5. The minimum atomic E-state index is -0.171. The molecule has 0 bridgehead atoms. The van der Waals surface area contributed by atoms with Crippen LogP contribution >= 0.6 is 23.2 Å². The molecular formula is C21H21Cl2N3O. The van der Waals surface area contributed by atoms with Gasteiger partial charge in [0.1, 0.15) is 5.15 Å². The van der Waals surface area contributed by atoms with Crippen LogP contribution in [0, 0.1) is 0 Å². The molecule has 0 aliphatic heterocycles. The predicted molar refractivity (Wildman–Crippen MR) is 113 cm³/mol. The average Bonchev–Trinajstić information content (AvgIpc) is 2.67. The number of urea groups is 1. The van der Waals surface area contributed by atoms with E-state index in [2.05, 4.69) is 17.2 Å². The number of unbranched alkanes of at least 4 members (excludes halogenated alkanes) is 1. The number of hydrogen-bond acceptors (Lipinski definition) is 2. The molecule has 0 saturated carbocycles. The Morgan fingerprint density at radius 3 is 2.59 bits per heavy atom. The third kappa shape index (κ3) is 5.12. The molecule has 6 heteroatoms. The van der Waals surface area contributed by atoms with Gasteiger partial charge < -0.3 is 10.2 Å².